The zero-order valence-corrected chi connectivity index (χ0v) is 10.8. The van der Waals surface area contributed by atoms with Crippen LogP contribution in [0.2, 0.25) is 0 Å². The molecule has 19 heavy (non-hydrogen) atoms. The molecule has 0 bridgehead atoms. The van der Waals surface area contributed by atoms with Crippen LogP contribution in [-0.2, 0) is 4.74 Å². The summed E-state index contributed by atoms with van der Waals surface area (Å²) in [5.74, 6) is 0. The van der Waals surface area contributed by atoms with Gasteiger partial charge in [0.2, 0.25) is 0 Å². The van der Waals surface area contributed by atoms with Gasteiger partial charge in [0.05, 0.1) is 24.3 Å². The predicted octanol–water partition coefficient (Wildman–Crippen LogP) is 3.36. The molecule has 0 aromatic heterocycles. The van der Waals surface area contributed by atoms with Gasteiger partial charge in [0.15, 0.2) is 0 Å². The highest BCUT2D eigenvalue weighted by atomic mass is 16.5. The second kappa shape index (κ2) is 6.58. The van der Waals surface area contributed by atoms with Crippen molar-refractivity contribution in [1.82, 2.24) is 0 Å². The summed E-state index contributed by atoms with van der Waals surface area (Å²) >= 11 is 0. The van der Waals surface area contributed by atoms with Crippen molar-refractivity contribution in [3.05, 3.63) is 65.7 Å². The highest BCUT2D eigenvalue weighted by Crippen LogP contribution is 2.20. The molecule has 0 radical (unpaired) electrons. The quantitative estimate of drug-likeness (QED) is 0.887. The summed E-state index contributed by atoms with van der Waals surface area (Å²) in [5, 5.41) is 12.3. The van der Waals surface area contributed by atoms with Gasteiger partial charge in [-0.05, 0) is 23.8 Å². The normalized spacial score (nSPS) is 11.6. The van der Waals surface area contributed by atoms with Crippen molar-refractivity contribution in [2.45, 2.75) is 6.04 Å². The number of hydrogen-bond donors (Lipinski definition) is 1. The maximum Gasteiger partial charge on any atom is 0.0992 e. The minimum Gasteiger partial charge on any atom is -0.382 e. The minimum atomic E-state index is 0.0696. The van der Waals surface area contributed by atoms with E-state index < -0.39 is 0 Å². The number of nitrogens with zero attached hydrogens (tertiary/aromatic N) is 1. The number of nitriles is 1. The largest absolute Gasteiger partial charge is 0.382 e. The summed E-state index contributed by atoms with van der Waals surface area (Å²) < 4.78 is 5.26. The van der Waals surface area contributed by atoms with Gasteiger partial charge in [0, 0.05) is 12.8 Å². The summed E-state index contributed by atoms with van der Waals surface area (Å²) in [4.78, 5) is 0. The molecular formula is C16H16N2O. The number of anilines is 1. The second-order valence-electron chi connectivity index (χ2n) is 4.26. The van der Waals surface area contributed by atoms with Gasteiger partial charge in [-0.1, -0.05) is 36.4 Å². The lowest BCUT2D eigenvalue weighted by Crippen LogP contribution is -2.16. The zero-order chi connectivity index (χ0) is 13.5. The van der Waals surface area contributed by atoms with Gasteiger partial charge >= 0.3 is 0 Å². The van der Waals surface area contributed by atoms with E-state index in [2.05, 4.69) is 23.5 Å². The fraction of sp³-hybridized carbons (Fsp3) is 0.188. The van der Waals surface area contributed by atoms with E-state index in [0.717, 1.165) is 11.3 Å². The average Bonchev–Trinajstić information content (AvgIpc) is 2.48. The molecule has 2 rings (SSSR count). The predicted molar refractivity (Wildman–Crippen MR) is 75.8 cm³/mol. The van der Waals surface area contributed by atoms with Gasteiger partial charge in [0.1, 0.15) is 0 Å². The molecule has 96 valence electrons. The molecule has 1 atom stereocenters. The molecular weight excluding hydrogens is 236 g/mol. The van der Waals surface area contributed by atoms with Crippen molar-refractivity contribution in [3.8, 4) is 6.07 Å². The first kappa shape index (κ1) is 13.1. The third-order valence-electron chi connectivity index (χ3n) is 2.87. The molecule has 0 aliphatic heterocycles. The molecule has 0 heterocycles. The summed E-state index contributed by atoms with van der Waals surface area (Å²) in [6, 6.07) is 19.8. The average molecular weight is 252 g/mol. The Balaban J connectivity index is 2.19. The van der Waals surface area contributed by atoms with Gasteiger partial charge in [-0.3, -0.25) is 0 Å². The van der Waals surface area contributed by atoms with Crippen LogP contribution in [0, 0.1) is 11.3 Å². The van der Waals surface area contributed by atoms with Gasteiger partial charge in [-0.2, -0.15) is 5.26 Å². The first-order valence-corrected chi connectivity index (χ1v) is 6.14. The number of rotatable bonds is 5. The number of ether oxygens (including phenoxy) is 1. The molecule has 0 amide bonds. The monoisotopic (exact) mass is 252 g/mol. The first-order chi connectivity index (χ1) is 9.33. The summed E-state index contributed by atoms with van der Waals surface area (Å²) in [7, 11) is 1.68. The fourth-order valence-corrected chi connectivity index (χ4v) is 1.95. The van der Waals surface area contributed by atoms with E-state index in [9.17, 15) is 0 Å². The molecule has 0 saturated carbocycles. The van der Waals surface area contributed by atoms with E-state index >= 15 is 0 Å². The maximum atomic E-state index is 8.91. The Kier molecular flexibility index (Phi) is 4.54. The van der Waals surface area contributed by atoms with Crippen LogP contribution in [0.4, 0.5) is 5.69 Å². The van der Waals surface area contributed by atoms with Gasteiger partial charge in [-0.15, -0.1) is 0 Å². The summed E-state index contributed by atoms with van der Waals surface area (Å²) in [6.45, 7) is 0.570. The molecule has 0 saturated heterocycles. The Morgan fingerprint density at radius 2 is 1.95 bits per heavy atom. The van der Waals surface area contributed by atoms with Gasteiger partial charge < -0.3 is 10.1 Å². The molecule has 2 aromatic carbocycles. The standard InChI is InChI=1S/C16H16N2O/c1-19-12-16(14-7-3-2-4-8-14)18-15-9-5-6-13(10-15)11-17/h2-10,16,18H,12H2,1H3/t16-/m1/s1. The van der Waals surface area contributed by atoms with Crippen molar-refractivity contribution in [2.75, 3.05) is 19.0 Å². The van der Waals surface area contributed by atoms with E-state index in [4.69, 9.17) is 10.00 Å². The Morgan fingerprint density at radius 1 is 1.16 bits per heavy atom. The smallest absolute Gasteiger partial charge is 0.0992 e. The van der Waals surface area contributed by atoms with E-state index in [-0.39, 0.29) is 6.04 Å². The van der Waals surface area contributed by atoms with Crippen LogP contribution in [0.3, 0.4) is 0 Å². The SMILES string of the molecule is COC[C@@H](Nc1cccc(C#N)c1)c1ccccc1. The van der Waals surface area contributed by atoms with E-state index in [1.807, 2.05) is 36.4 Å². The van der Waals surface area contributed by atoms with Gasteiger partial charge in [0.25, 0.3) is 0 Å². The number of benzene rings is 2. The van der Waals surface area contributed by atoms with Crippen molar-refractivity contribution >= 4 is 5.69 Å². The van der Waals surface area contributed by atoms with Crippen molar-refractivity contribution in [2.24, 2.45) is 0 Å². The van der Waals surface area contributed by atoms with Gasteiger partial charge in [-0.25, -0.2) is 0 Å². The molecule has 2 aromatic rings. The molecule has 0 fully saturated rings. The molecule has 0 spiro atoms. The lowest BCUT2D eigenvalue weighted by molar-refractivity contribution is 0.186. The lowest BCUT2D eigenvalue weighted by Gasteiger charge is -2.19. The van der Waals surface area contributed by atoms with Crippen LogP contribution in [0.25, 0.3) is 0 Å². The van der Waals surface area contributed by atoms with Crippen molar-refractivity contribution in [1.29, 1.82) is 5.26 Å². The zero-order valence-electron chi connectivity index (χ0n) is 10.8. The minimum absolute atomic E-state index is 0.0696. The highest BCUT2D eigenvalue weighted by Gasteiger charge is 2.10. The van der Waals surface area contributed by atoms with E-state index in [1.165, 1.54) is 0 Å². The van der Waals surface area contributed by atoms with Crippen LogP contribution in [0.5, 0.6) is 0 Å². The third-order valence-corrected chi connectivity index (χ3v) is 2.87. The van der Waals surface area contributed by atoms with Crippen LogP contribution >= 0.6 is 0 Å². The van der Waals surface area contributed by atoms with E-state index in [1.54, 1.807) is 13.2 Å². The molecule has 3 nitrogen and oxygen atoms in total. The van der Waals surface area contributed by atoms with Crippen LogP contribution < -0.4 is 5.32 Å². The van der Waals surface area contributed by atoms with E-state index in [0.29, 0.717) is 12.2 Å². The third kappa shape index (κ3) is 3.57. The molecule has 0 aliphatic carbocycles. The molecule has 0 unspecified atom stereocenters. The number of nitrogens with one attached hydrogen (secondary N) is 1. The van der Waals surface area contributed by atoms with Crippen LogP contribution in [0.1, 0.15) is 17.2 Å². The number of methoxy groups -OCH3 is 1. The topological polar surface area (TPSA) is 45.0 Å². The Labute approximate surface area is 113 Å². The first-order valence-electron chi connectivity index (χ1n) is 6.14. The maximum absolute atomic E-state index is 8.91. The Morgan fingerprint density at radius 3 is 2.63 bits per heavy atom. The number of hydrogen-bond acceptors (Lipinski definition) is 3. The van der Waals surface area contributed by atoms with Crippen LogP contribution in [-0.4, -0.2) is 13.7 Å². The highest BCUT2D eigenvalue weighted by molar-refractivity contribution is 5.50. The summed E-state index contributed by atoms with van der Waals surface area (Å²) in [5.41, 5.74) is 2.73. The van der Waals surface area contributed by atoms with Crippen LogP contribution in [0.15, 0.2) is 54.6 Å². The second-order valence-corrected chi connectivity index (χ2v) is 4.26. The Hall–Kier alpha value is -2.31. The van der Waals surface area contributed by atoms with Crippen molar-refractivity contribution in [3.63, 3.8) is 0 Å². The van der Waals surface area contributed by atoms with Crippen molar-refractivity contribution < 1.29 is 4.74 Å². The lowest BCUT2D eigenvalue weighted by atomic mass is 10.1. The summed E-state index contributed by atoms with van der Waals surface area (Å²) in [6.07, 6.45) is 0. The molecule has 1 N–H and O–H groups in total. The Bertz CT molecular complexity index is 560. The molecule has 0 aliphatic rings. The fourth-order valence-electron chi connectivity index (χ4n) is 1.95. The molecule has 3 heteroatoms.